The summed E-state index contributed by atoms with van der Waals surface area (Å²) in [6, 6.07) is 11.6. The molecule has 1 N–H and O–H groups in total. The standard InChI is InChI=1S/C23H28BrNO5/c1-4-30-19-10-8-17(24)13-18(19)22(25-11-5-6-16(14-25)23(26)27)15-7-9-20(28-2)21(12-15)29-3/h7-10,12-13,16,22H,4-6,11,14H2,1-3H3,(H,26,27). The molecule has 0 aliphatic carbocycles. The number of ether oxygens (including phenoxy) is 3. The zero-order valence-electron chi connectivity index (χ0n) is 17.6. The van der Waals surface area contributed by atoms with Crippen LogP contribution in [0.1, 0.15) is 36.9 Å². The Hall–Kier alpha value is -2.25. The number of hydrogen-bond donors (Lipinski definition) is 1. The Bertz CT molecular complexity index is 888. The molecule has 0 amide bonds. The van der Waals surface area contributed by atoms with Crippen LogP contribution < -0.4 is 14.2 Å². The van der Waals surface area contributed by atoms with E-state index in [0.717, 1.165) is 34.3 Å². The van der Waals surface area contributed by atoms with Crippen molar-refractivity contribution in [2.75, 3.05) is 33.9 Å². The molecule has 3 rings (SSSR count). The number of rotatable bonds is 8. The van der Waals surface area contributed by atoms with Gasteiger partial charge in [0.2, 0.25) is 0 Å². The van der Waals surface area contributed by atoms with Gasteiger partial charge < -0.3 is 19.3 Å². The maximum Gasteiger partial charge on any atom is 0.307 e. The summed E-state index contributed by atoms with van der Waals surface area (Å²) in [5.74, 6) is 0.952. The Labute approximate surface area is 185 Å². The quantitative estimate of drug-likeness (QED) is 0.591. The molecule has 1 saturated heterocycles. The summed E-state index contributed by atoms with van der Waals surface area (Å²) in [6.45, 7) is 3.79. The number of carbonyl (C=O) groups is 1. The van der Waals surface area contributed by atoms with Crippen molar-refractivity contribution in [3.63, 3.8) is 0 Å². The monoisotopic (exact) mass is 477 g/mol. The minimum absolute atomic E-state index is 0.175. The first kappa shape index (κ1) is 22.4. The van der Waals surface area contributed by atoms with Gasteiger partial charge in [-0.25, -0.2) is 0 Å². The summed E-state index contributed by atoms with van der Waals surface area (Å²) in [5.41, 5.74) is 1.99. The number of halogens is 1. The van der Waals surface area contributed by atoms with Crippen molar-refractivity contribution in [1.82, 2.24) is 4.90 Å². The van der Waals surface area contributed by atoms with E-state index in [1.54, 1.807) is 14.2 Å². The molecule has 1 aliphatic rings. The highest BCUT2D eigenvalue weighted by atomic mass is 79.9. The fourth-order valence-electron chi connectivity index (χ4n) is 4.07. The second-order valence-electron chi connectivity index (χ2n) is 7.30. The number of carboxylic acids is 1. The number of benzene rings is 2. The number of nitrogens with zero attached hydrogens (tertiary/aromatic N) is 1. The Kier molecular flexibility index (Phi) is 7.61. The van der Waals surface area contributed by atoms with E-state index in [9.17, 15) is 9.90 Å². The second kappa shape index (κ2) is 10.2. The minimum atomic E-state index is -0.745. The molecule has 0 aromatic heterocycles. The third kappa shape index (κ3) is 4.90. The van der Waals surface area contributed by atoms with Crippen molar-refractivity contribution in [2.24, 2.45) is 5.92 Å². The van der Waals surface area contributed by atoms with Gasteiger partial charge in [-0.3, -0.25) is 9.69 Å². The first-order chi connectivity index (χ1) is 14.5. The van der Waals surface area contributed by atoms with Gasteiger partial charge in [0.1, 0.15) is 5.75 Å². The van der Waals surface area contributed by atoms with E-state index < -0.39 is 5.97 Å². The average molecular weight is 478 g/mol. The van der Waals surface area contributed by atoms with Crippen LogP contribution in [0.5, 0.6) is 17.2 Å². The Balaban J connectivity index is 2.13. The van der Waals surface area contributed by atoms with E-state index in [2.05, 4.69) is 26.9 Å². The Morgan fingerprint density at radius 3 is 2.57 bits per heavy atom. The molecule has 0 radical (unpaired) electrons. The summed E-state index contributed by atoms with van der Waals surface area (Å²) in [5, 5.41) is 9.62. The third-order valence-corrected chi connectivity index (χ3v) is 5.95. The normalized spacial score (nSPS) is 17.9. The van der Waals surface area contributed by atoms with Gasteiger partial charge in [0.05, 0.1) is 32.8 Å². The predicted molar refractivity (Wildman–Crippen MR) is 119 cm³/mol. The lowest BCUT2D eigenvalue weighted by Crippen LogP contribution is -2.41. The van der Waals surface area contributed by atoms with E-state index in [0.29, 0.717) is 31.1 Å². The van der Waals surface area contributed by atoms with E-state index in [1.807, 2.05) is 37.3 Å². The third-order valence-electron chi connectivity index (χ3n) is 5.46. The van der Waals surface area contributed by atoms with Gasteiger partial charge in [0, 0.05) is 16.6 Å². The molecular formula is C23H28BrNO5. The second-order valence-corrected chi connectivity index (χ2v) is 8.22. The van der Waals surface area contributed by atoms with E-state index in [1.165, 1.54) is 0 Å². The summed E-state index contributed by atoms with van der Waals surface area (Å²) in [7, 11) is 3.22. The van der Waals surface area contributed by atoms with Crippen LogP contribution in [0, 0.1) is 5.92 Å². The van der Waals surface area contributed by atoms with Crippen molar-refractivity contribution in [2.45, 2.75) is 25.8 Å². The van der Waals surface area contributed by atoms with E-state index >= 15 is 0 Å². The highest BCUT2D eigenvalue weighted by Crippen LogP contribution is 2.41. The zero-order valence-corrected chi connectivity index (χ0v) is 19.1. The van der Waals surface area contributed by atoms with Crippen LogP contribution in [-0.4, -0.2) is 49.9 Å². The molecule has 30 heavy (non-hydrogen) atoms. The average Bonchev–Trinajstić information content (AvgIpc) is 2.76. The van der Waals surface area contributed by atoms with Crippen LogP contribution >= 0.6 is 15.9 Å². The first-order valence-electron chi connectivity index (χ1n) is 10.1. The summed E-state index contributed by atoms with van der Waals surface area (Å²) < 4.78 is 17.8. The van der Waals surface area contributed by atoms with Gasteiger partial charge in [0.15, 0.2) is 11.5 Å². The number of carboxylic acid groups (broad SMARTS) is 1. The maximum atomic E-state index is 11.7. The summed E-state index contributed by atoms with van der Waals surface area (Å²) >= 11 is 3.59. The van der Waals surface area contributed by atoms with E-state index in [4.69, 9.17) is 14.2 Å². The maximum absolute atomic E-state index is 11.7. The number of methoxy groups -OCH3 is 2. The molecule has 0 bridgehead atoms. The van der Waals surface area contributed by atoms with Crippen molar-refractivity contribution < 1.29 is 24.1 Å². The molecule has 1 heterocycles. The van der Waals surface area contributed by atoms with Gasteiger partial charge in [-0.15, -0.1) is 0 Å². The summed E-state index contributed by atoms with van der Waals surface area (Å²) in [6.07, 6.45) is 1.53. The molecule has 6 nitrogen and oxygen atoms in total. The molecule has 0 spiro atoms. The highest BCUT2D eigenvalue weighted by molar-refractivity contribution is 9.10. The van der Waals surface area contributed by atoms with Gasteiger partial charge in [-0.2, -0.15) is 0 Å². The number of aliphatic carboxylic acids is 1. The van der Waals surface area contributed by atoms with Crippen LogP contribution in [0.2, 0.25) is 0 Å². The topological polar surface area (TPSA) is 68.2 Å². The molecule has 1 aliphatic heterocycles. The molecule has 2 unspecified atom stereocenters. The van der Waals surface area contributed by atoms with Crippen molar-refractivity contribution >= 4 is 21.9 Å². The fourth-order valence-corrected chi connectivity index (χ4v) is 4.45. The number of likely N-dealkylation sites (tertiary alicyclic amines) is 1. The van der Waals surface area contributed by atoms with Gasteiger partial charge in [0.25, 0.3) is 0 Å². The molecular weight excluding hydrogens is 450 g/mol. The Morgan fingerprint density at radius 1 is 1.17 bits per heavy atom. The SMILES string of the molecule is CCOc1ccc(Br)cc1C(c1ccc(OC)c(OC)c1)N1CCCC(C(=O)O)C1. The number of hydrogen-bond acceptors (Lipinski definition) is 5. The smallest absolute Gasteiger partial charge is 0.307 e. The molecule has 1 fully saturated rings. The lowest BCUT2D eigenvalue weighted by molar-refractivity contribution is -0.143. The van der Waals surface area contributed by atoms with Crippen molar-refractivity contribution in [3.05, 3.63) is 52.0 Å². The summed E-state index contributed by atoms with van der Waals surface area (Å²) in [4.78, 5) is 13.9. The van der Waals surface area contributed by atoms with Crippen molar-refractivity contribution in [3.8, 4) is 17.2 Å². The van der Waals surface area contributed by atoms with Crippen molar-refractivity contribution in [1.29, 1.82) is 0 Å². The van der Waals surface area contributed by atoms with Crippen LogP contribution in [-0.2, 0) is 4.79 Å². The van der Waals surface area contributed by atoms with Gasteiger partial charge in [-0.1, -0.05) is 22.0 Å². The zero-order chi connectivity index (χ0) is 21.7. The van der Waals surface area contributed by atoms with Crippen LogP contribution in [0.3, 0.4) is 0 Å². The molecule has 7 heteroatoms. The van der Waals surface area contributed by atoms with Crippen LogP contribution in [0.25, 0.3) is 0 Å². The molecule has 2 aromatic rings. The number of piperidine rings is 1. The first-order valence-corrected chi connectivity index (χ1v) is 10.9. The molecule has 2 atom stereocenters. The fraction of sp³-hybridized carbons (Fsp3) is 0.435. The Morgan fingerprint density at radius 2 is 1.90 bits per heavy atom. The lowest BCUT2D eigenvalue weighted by Gasteiger charge is -2.38. The largest absolute Gasteiger partial charge is 0.494 e. The molecule has 2 aromatic carbocycles. The molecule has 162 valence electrons. The molecule has 0 saturated carbocycles. The van der Waals surface area contributed by atoms with Gasteiger partial charge in [-0.05, 0) is 62.2 Å². The highest BCUT2D eigenvalue weighted by Gasteiger charge is 2.33. The van der Waals surface area contributed by atoms with Crippen LogP contribution in [0.15, 0.2) is 40.9 Å². The van der Waals surface area contributed by atoms with E-state index in [-0.39, 0.29) is 12.0 Å². The minimum Gasteiger partial charge on any atom is -0.494 e. The lowest BCUT2D eigenvalue weighted by atomic mass is 9.91. The predicted octanol–water partition coefficient (Wildman–Crippen LogP) is 4.75. The van der Waals surface area contributed by atoms with Gasteiger partial charge >= 0.3 is 5.97 Å². The van der Waals surface area contributed by atoms with Crippen LogP contribution in [0.4, 0.5) is 0 Å².